The highest BCUT2D eigenvalue weighted by molar-refractivity contribution is 7.84. The molecule has 1 aromatic heterocycles. The second-order valence-corrected chi connectivity index (χ2v) is 4.72. The summed E-state index contributed by atoms with van der Waals surface area (Å²) in [5, 5.41) is 8.64. The molecule has 96 valence electrons. The van der Waals surface area contributed by atoms with E-state index < -0.39 is 23.1 Å². The number of methoxy groups -OCH3 is 2. The van der Waals surface area contributed by atoms with Crippen molar-refractivity contribution in [3.63, 3.8) is 0 Å². The molecule has 17 heavy (non-hydrogen) atoms. The molecule has 7 heteroatoms. The van der Waals surface area contributed by atoms with E-state index in [9.17, 15) is 9.00 Å². The smallest absolute Gasteiger partial charge is 0.371 e. The Hall–Kier alpha value is -1.18. The number of carboxylic acids is 1. The van der Waals surface area contributed by atoms with Gasteiger partial charge in [-0.2, -0.15) is 0 Å². The van der Waals surface area contributed by atoms with E-state index in [0.29, 0.717) is 5.76 Å². The van der Waals surface area contributed by atoms with Crippen LogP contribution in [0.4, 0.5) is 0 Å². The average Bonchev–Trinajstić information content (AvgIpc) is 2.74. The Morgan fingerprint density at radius 3 is 2.59 bits per heavy atom. The van der Waals surface area contributed by atoms with E-state index in [1.54, 1.807) is 0 Å². The van der Waals surface area contributed by atoms with Gasteiger partial charge in [0.1, 0.15) is 5.76 Å². The minimum absolute atomic E-state index is 0.135. The van der Waals surface area contributed by atoms with Crippen molar-refractivity contribution in [3.8, 4) is 0 Å². The van der Waals surface area contributed by atoms with Gasteiger partial charge in [0.2, 0.25) is 5.76 Å². The van der Waals surface area contributed by atoms with Crippen LogP contribution in [0, 0.1) is 0 Å². The van der Waals surface area contributed by atoms with Crippen LogP contribution in [0.1, 0.15) is 16.3 Å². The Morgan fingerprint density at radius 1 is 1.47 bits per heavy atom. The lowest BCUT2D eigenvalue weighted by Crippen LogP contribution is -2.21. The third-order valence-electron chi connectivity index (χ3n) is 2.02. The van der Waals surface area contributed by atoms with Crippen LogP contribution < -0.4 is 0 Å². The van der Waals surface area contributed by atoms with Gasteiger partial charge in [-0.25, -0.2) is 4.79 Å². The molecule has 1 heterocycles. The summed E-state index contributed by atoms with van der Waals surface area (Å²) in [5.41, 5.74) is 0. The lowest BCUT2D eigenvalue weighted by atomic mass is 10.4. The maximum atomic E-state index is 11.7. The van der Waals surface area contributed by atoms with Crippen molar-refractivity contribution >= 4 is 16.8 Å². The summed E-state index contributed by atoms with van der Waals surface area (Å²) in [6.45, 7) is 0. The van der Waals surface area contributed by atoms with E-state index in [0.717, 1.165) is 0 Å². The van der Waals surface area contributed by atoms with Gasteiger partial charge in [-0.3, -0.25) is 4.21 Å². The summed E-state index contributed by atoms with van der Waals surface area (Å²) in [6.07, 6.45) is -0.537. The van der Waals surface area contributed by atoms with E-state index in [1.807, 2.05) is 0 Å². The number of rotatable bonds is 7. The van der Waals surface area contributed by atoms with Gasteiger partial charge in [0.15, 0.2) is 6.29 Å². The van der Waals surface area contributed by atoms with Gasteiger partial charge in [0, 0.05) is 25.0 Å². The van der Waals surface area contributed by atoms with Crippen molar-refractivity contribution in [2.45, 2.75) is 12.0 Å². The molecular formula is C10H14O6S. The summed E-state index contributed by atoms with van der Waals surface area (Å²) in [5.74, 6) is -0.598. The minimum Gasteiger partial charge on any atom is -0.475 e. The Morgan fingerprint density at radius 2 is 2.12 bits per heavy atom. The molecular weight excluding hydrogens is 248 g/mol. The van der Waals surface area contributed by atoms with Gasteiger partial charge in [0.05, 0.1) is 11.5 Å². The highest BCUT2D eigenvalue weighted by Crippen LogP contribution is 2.11. The van der Waals surface area contributed by atoms with Gasteiger partial charge >= 0.3 is 5.97 Å². The number of aromatic carboxylic acids is 1. The molecule has 1 atom stereocenters. The Kier molecular flexibility index (Phi) is 5.33. The van der Waals surface area contributed by atoms with E-state index in [1.165, 1.54) is 26.4 Å². The molecule has 0 saturated carbocycles. The second-order valence-electron chi connectivity index (χ2n) is 3.22. The third kappa shape index (κ3) is 4.29. The van der Waals surface area contributed by atoms with E-state index in [4.69, 9.17) is 19.0 Å². The molecule has 1 aromatic rings. The first-order valence-corrected chi connectivity index (χ1v) is 6.28. The fraction of sp³-hybridized carbons (Fsp3) is 0.500. The Labute approximate surface area is 101 Å². The number of ether oxygens (including phenoxy) is 2. The predicted octanol–water partition coefficient (Wildman–Crippen LogP) is 0.845. The first-order valence-electron chi connectivity index (χ1n) is 4.79. The van der Waals surface area contributed by atoms with Crippen molar-refractivity contribution in [2.24, 2.45) is 0 Å². The molecule has 1 unspecified atom stereocenters. The number of hydrogen-bond donors (Lipinski definition) is 1. The fourth-order valence-electron chi connectivity index (χ4n) is 1.17. The minimum atomic E-state index is -1.24. The molecule has 0 aliphatic heterocycles. The topological polar surface area (TPSA) is 86.0 Å². The van der Waals surface area contributed by atoms with Crippen LogP contribution in [0.5, 0.6) is 0 Å². The number of carboxylic acid groups (broad SMARTS) is 1. The first kappa shape index (κ1) is 13.9. The highest BCUT2D eigenvalue weighted by atomic mass is 32.2. The third-order valence-corrected chi connectivity index (χ3v) is 3.27. The molecule has 0 bridgehead atoms. The highest BCUT2D eigenvalue weighted by Gasteiger charge is 2.14. The molecule has 0 aliphatic rings. The molecule has 0 fully saturated rings. The lowest BCUT2D eigenvalue weighted by Gasteiger charge is -2.11. The summed E-state index contributed by atoms with van der Waals surface area (Å²) in [4.78, 5) is 10.6. The fourth-order valence-corrected chi connectivity index (χ4v) is 2.34. The number of furan rings is 1. The summed E-state index contributed by atoms with van der Waals surface area (Å²) < 4.78 is 26.5. The van der Waals surface area contributed by atoms with Crippen LogP contribution in [-0.4, -0.2) is 41.5 Å². The molecule has 0 amide bonds. The largest absolute Gasteiger partial charge is 0.475 e. The Balaban J connectivity index is 2.52. The molecule has 0 saturated heterocycles. The van der Waals surface area contributed by atoms with E-state index >= 15 is 0 Å². The quantitative estimate of drug-likeness (QED) is 0.733. The maximum absolute atomic E-state index is 11.7. The van der Waals surface area contributed by atoms with Crippen LogP contribution in [0.25, 0.3) is 0 Å². The SMILES string of the molecule is COC(CS(=O)Cc1ccc(C(=O)O)o1)OC. The van der Waals surface area contributed by atoms with Crippen molar-refractivity contribution in [1.82, 2.24) is 0 Å². The van der Waals surface area contributed by atoms with Crippen molar-refractivity contribution in [2.75, 3.05) is 20.0 Å². The standard InChI is InChI=1S/C10H14O6S/c1-14-9(15-2)6-17(13)5-7-3-4-8(16-7)10(11)12/h3-4,9H,5-6H2,1-2H3,(H,11,12). The summed E-state index contributed by atoms with van der Waals surface area (Å²) >= 11 is 0. The van der Waals surface area contributed by atoms with E-state index in [-0.39, 0.29) is 17.3 Å². The van der Waals surface area contributed by atoms with Crippen LogP contribution in [0.15, 0.2) is 16.5 Å². The van der Waals surface area contributed by atoms with Crippen molar-refractivity contribution < 1.29 is 28.0 Å². The van der Waals surface area contributed by atoms with Crippen LogP contribution in [0.2, 0.25) is 0 Å². The molecule has 1 rings (SSSR count). The summed E-state index contributed by atoms with van der Waals surface area (Å²) in [7, 11) is 1.68. The van der Waals surface area contributed by atoms with Crippen molar-refractivity contribution in [1.29, 1.82) is 0 Å². The Bertz CT molecular complexity index is 395. The zero-order valence-corrected chi connectivity index (χ0v) is 10.4. The molecule has 0 aliphatic carbocycles. The molecule has 0 spiro atoms. The predicted molar refractivity (Wildman–Crippen MR) is 60.2 cm³/mol. The van der Waals surface area contributed by atoms with E-state index in [2.05, 4.69) is 0 Å². The molecule has 0 radical (unpaired) electrons. The molecule has 1 N–H and O–H groups in total. The molecule has 6 nitrogen and oxygen atoms in total. The average molecular weight is 262 g/mol. The zero-order valence-electron chi connectivity index (χ0n) is 9.54. The second kappa shape index (κ2) is 6.53. The monoisotopic (exact) mass is 262 g/mol. The van der Waals surface area contributed by atoms with Crippen LogP contribution in [0.3, 0.4) is 0 Å². The van der Waals surface area contributed by atoms with Crippen LogP contribution >= 0.6 is 0 Å². The summed E-state index contributed by atoms with van der Waals surface area (Å²) in [6, 6.07) is 2.83. The molecule has 0 aromatic carbocycles. The normalized spacial score (nSPS) is 12.9. The zero-order chi connectivity index (χ0) is 12.8. The lowest BCUT2D eigenvalue weighted by molar-refractivity contribution is -0.0847. The number of carbonyl (C=O) groups is 1. The first-order chi connectivity index (χ1) is 8.06. The van der Waals surface area contributed by atoms with Gasteiger partial charge < -0.3 is 19.0 Å². The van der Waals surface area contributed by atoms with Gasteiger partial charge in [-0.1, -0.05) is 0 Å². The van der Waals surface area contributed by atoms with Crippen molar-refractivity contribution in [3.05, 3.63) is 23.7 Å². The van der Waals surface area contributed by atoms with Gasteiger partial charge in [-0.05, 0) is 12.1 Å². The van der Waals surface area contributed by atoms with Crippen LogP contribution in [-0.2, 0) is 26.0 Å². The number of hydrogen-bond acceptors (Lipinski definition) is 5. The maximum Gasteiger partial charge on any atom is 0.371 e. The van der Waals surface area contributed by atoms with Gasteiger partial charge in [-0.15, -0.1) is 0 Å². The van der Waals surface area contributed by atoms with Gasteiger partial charge in [0.25, 0.3) is 0 Å².